The van der Waals surface area contributed by atoms with E-state index in [2.05, 4.69) is 10.1 Å². The van der Waals surface area contributed by atoms with Gasteiger partial charge in [0.25, 0.3) is 5.91 Å². The van der Waals surface area contributed by atoms with Crippen LogP contribution in [0.15, 0.2) is 36.4 Å². The van der Waals surface area contributed by atoms with Crippen molar-refractivity contribution in [2.24, 2.45) is 0 Å². The van der Waals surface area contributed by atoms with E-state index in [1.54, 1.807) is 24.3 Å². The Morgan fingerprint density at radius 3 is 2.28 bits per heavy atom. The third kappa shape index (κ3) is 5.53. The SMILES string of the molecule is COC(=O)c1ccc(CNC(=O)COc2cc(Cl)c(Cl)cc2Cl)cc1. The number of nitrogens with one attached hydrogen (secondary N) is 1. The quantitative estimate of drug-likeness (QED) is 0.583. The number of amides is 1. The average molecular weight is 403 g/mol. The molecular weight excluding hydrogens is 389 g/mol. The summed E-state index contributed by atoms with van der Waals surface area (Å²) in [7, 11) is 1.32. The number of carbonyl (C=O) groups is 2. The van der Waals surface area contributed by atoms with Gasteiger partial charge in [-0.2, -0.15) is 0 Å². The standard InChI is InChI=1S/C17H14Cl3NO4/c1-24-17(23)11-4-2-10(3-5-11)8-21-16(22)9-25-15-7-13(19)12(18)6-14(15)20/h2-7H,8-9H2,1H3,(H,21,22). The first-order valence-corrected chi connectivity index (χ1v) is 8.25. The van der Waals surface area contributed by atoms with Gasteiger partial charge in [0.1, 0.15) is 5.75 Å². The fourth-order valence-corrected chi connectivity index (χ4v) is 2.48. The van der Waals surface area contributed by atoms with E-state index in [-0.39, 0.29) is 28.3 Å². The Kier molecular flexibility index (Phi) is 6.93. The predicted molar refractivity (Wildman–Crippen MR) is 96.6 cm³/mol. The Morgan fingerprint density at radius 1 is 1.00 bits per heavy atom. The lowest BCUT2D eigenvalue weighted by molar-refractivity contribution is -0.123. The van der Waals surface area contributed by atoms with E-state index in [1.807, 2.05) is 0 Å². The molecule has 0 saturated heterocycles. The Bertz CT molecular complexity index is 778. The summed E-state index contributed by atoms with van der Waals surface area (Å²) >= 11 is 17.7. The number of carbonyl (C=O) groups excluding carboxylic acids is 2. The molecule has 0 aromatic heterocycles. The van der Waals surface area contributed by atoms with Crippen molar-refractivity contribution in [3.05, 3.63) is 62.6 Å². The Morgan fingerprint density at radius 2 is 1.64 bits per heavy atom. The normalized spacial score (nSPS) is 10.2. The van der Waals surface area contributed by atoms with Crippen LogP contribution in [0.5, 0.6) is 5.75 Å². The molecule has 0 aliphatic heterocycles. The fraction of sp³-hybridized carbons (Fsp3) is 0.176. The minimum Gasteiger partial charge on any atom is -0.482 e. The predicted octanol–water partition coefficient (Wildman–Crippen LogP) is 4.13. The summed E-state index contributed by atoms with van der Waals surface area (Å²) in [5.74, 6) is -0.477. The van der Waals surface area contributed by atoms with Gasteiger partial charge in [0, 0.05) is 12.6 Å². The van der Waals surface area contributed by atoms with Gasteiger partial charge < -0.3 is 14.8 Å². The van der Waals surface area contributed by atoms with Crippen LogP contribution in [0.4, 0.5) is 0 Å². The molecule has 2 aromatic rings. The van der Waals surface area contributed by atoms with Crippen LogP contribution in [0.1, 0.15) is 15.9 Å². The van der Waals surface area contributed by atoms with Crippen molar-refractivity contribution in [1.29, 1.82) is 0 Å². The van der Waals surface area contributed by atoms with Gasteiger partial charge in [-0.05, 0) is 23.8 Å². The molecule has 0 bridgehead atoms. The molecule has 0 atom stereocenters. The summed E-state index contributed by atoms with van der Waals surface area (Å²) in [6.07, 6.45) is 0. The number of ether oxygens (including phenoxy) is 2. The topological polar surface area (TPSA) is 64.6 Å². The maximum Gasteiger partial charge on any atom is 0.337 e. The zero-order chi connectivity index (χ0) is 18.4. The van der Waals surface area contributed by atoms with Gasteiger partial charge in [-0.25, -0.2) is 4.79 Å². The van der Waals surface area contributed by atoms with Crippen molar-refractivity contribution in [3.8, 4) is 5.75 Å². The van der Waals surface area contributed by atoms with Crippen molar-refractivity contribution in [2.45, 2.75) is 6.54 Å². The van der Waals surface area contributed by atoms with Crippen molar-refractivity contribution < 1.29 is 19.1 Å². The van der Waals surface area contributed by atoms with Gasteiger partial charge in [-0.3, -0.25) is 4.79 Å². The number of methoxy groups -OCH3 is 1. The summed E-state index contributed by atoms with van der Waals surface area (Å²) in [5, 5.41) is 3.55. The first-order chi connectivity index (χ1) is 11.9. The maximum atomic E-state index is 11.9. The zero-order valence-electron chi connectivity index (χ0n) is 13.1. The average Bonchev–Trinajstić information content (AvgIpc) is 2.61. The minimum atomic E-state index is -0.414. The van der Waals surface area contributed by atoms with Crippen molar-refractivity contribution in [3.63, 3.8) is 0 Å². The third-order valence-electron chi connectivity index (χ3n) is 3.20. The van der Waals surface area contributed by atoms with Crippen LogP contribution in [-0.4, -0.2) is 25.6 Å². The van der Waals surface area contributed by atoms with Crippen LogP contribution in [0.3, 0.4) is 0 Å². The molecule has 0 spiro atoms. The molecule has 0 aliphatic carbocycles. The molecule has 25 heavy (non-hydrogen) atoms. The van der Waals surface area contributed by atoms with E-state index in [1.165, 1.54) is 19.2 Å². The summed E-state index contributed by atoms with van der Waals surface area (Å²) in [6.45, 7) is 0.0661. The second-order valence-electron chi connectivity index (χ2n) is 4.95. The molecule has 0 unspecified atom stereocenters. The van der Waals surface area contributed by atoms with E-state index in [0.717, 1.165) is 5.56 Å². The molecule has 0 saturated carbocycles. The number of hydrogen-bond acceptors (Lipinski definition) is 4. The maximum absolute atomic E-state index is 11.9. The third-order valence-corrected chi connectivity index (χ3v) is 4.22. The van der Waals surface area contributed by atoms with Crippen LogP contribution in [0.25, 0.3) is 0 Å². The van der Waals surface area contributed by atoms with Crippen LogP contribution >= 0.6 is 34.8 Å². The Balaban J connectivity index is 1.85. The number of hydrogen-bond donors (Lipinski definition) is 1. The molecule has 2 rings (SSSR count). The number of benzene rings is 2. The molecule has 0 fully saturated rings. The van der Waals surface area contributed by atoms with Crippen molar-refractivity contribution >= 4 is 46.7 Å². The summed E-state index contributed by atoms with van der Waals surface area (Å²) in [6, 6.07) is 9.59. The Labute approximate surface area is 159 Å². The molecule has 1 amide bonds. The first kappa shape index (κ1) is 19.4. The van der Waals surface area contributed by atoms with Gasteiger partial charge in [-0.15, -0.1) is 0 Å². The summed E-state index contributed by atoms with van der Waals surface area (Å²) in [4.78, 5) is 23.2. The highest BCUT2D eigenvalue weighted by atomic mass is 35.5. The lowest BCUT2D eigenvalue weighted by Crippen LogP contribution is -2.28. The van der Waals surface area contributed by atoms with Crippen LogP contribution in [0, 0.1) is 0 Å². The molecule has 0 aliphatic rings. The first-order valence-electron chi connectivity index (χ1n) is 7.12. The highest BCUT2D eigenvalue weighted by Crippen LogP contribution is 2.33. The van der Waals surface area contributed by atoms with Crippen LogP contribution in [-0.2, 0) is 16.1 Å². The largest absolute Gasteiger partial charge is 0.482 e. The van der Waals surface area contributed by atoms with Gasteiger partial charge in [0.15, 0.2) is 6.61 Å². The lowest BCUT2D eigenvalue weighted by atomic mass is 10.1. The van der Waals surface area contributed by atoms with E-state index >= 15 is 0 Å². The molecule has 132 valence electrons. The van der Waals surface area contributed by atoms with Gasteiger partial charge >= 0.3 is 5.97 Å². The highest BCUT2D eigenvalue weighted by Gasteiger charge is 2.10. The summed E-state index contributed by atoms with van der Waals surface area (Å²) < 4.78 is 9.96. The molecular formula is C17H14Cl3NO4. The second kappa shape index (κ2) is 8.94. The molecule has 0 heterocycles. The second-order valence-corrected chi connectivity index (χ2v) is 6.17. The Hall–Kier alpha value is -1.95. The van der Waals surface area contributed by atoms with Crippen LogP contribution in [0.2, 0.25) is 15.1 Å². The monoisotopic (exact) mass is 401 g/mol. The van der Waals surface area contributed by atoms with Gasteiger partial charge in [-0.1, -0.05) is 46.9 Å². The highest BCUT2D eigenvalue weighted by molar-refractivity contribution is 6.43. The summed E-state index contributed by atoms with van der Waals surface area (Å²) in [5.41, 5.74) is 1.27. The smallest absolute Gasteiger partial charge is 0.337 e. The van der Waals surface area contributed by atoms with E-state index in [9.17, 15) is 9.59 Å². The van der Waals surface area contributed by atoms with E-state index in [4.69, 9.17) is 39.5 Å². The minimum absolute atomic E-state index is 0.224. The van der Waals surface area contributed by atoms with Crippen molar-refractivity contribution in [2.75, 3.05) is 13.7 Å². The van der Waals surface area contributed by atoms with E-state index < -0.39 is 5.97 Å². The molecule has 8 heteroatoms. The van der Waals surface area contributed by atoms with Crippen LogP contribution < -0.4 is 10.1 Å². The van der Waals surface area contributed by atoms with Crippen molar-refractivity contribution in [1.82, 2.24) is 5.32 Å². The van der Waals surface area contributed by atoms with E-state index in [0.29, 0.717) is 17.1 Å². The number of esters is 1. The van der Waals surface area contributed by atoms with Gasteiger partial charge in [0.05, 0.1) is 27.7 Å². The molecule has 2 aromatic carbocycles. The molecule has 5 nitrogen and oxygen atoms in total. The number of rotatable bonds is 6. The van der Waals surface area contributed by atoms with Gasteiger partial charge in [0.2, 0.25) is 0 Å². The fourth-order valence-electron chi connectivity index (χ4n) is 1.89. The lowest BCUT2D eigenvalue weighted by Gasteiger charge is -2.10. The molecule has 1 N–H and O–H groups in total. The number of halogens is 3. The molecule has 0 radical (unpaired) electrons. The zero-order valence-corrected chi connectivity index (χ0v) is 15.4.